The van der Waals surface area contributed by atoms with E-state index in [1.54, 1.807) is 0 Å². The zero-order valence-electron chi connectivity index (χ0n) is 19.3. The molecule has 1 aromatic heterocycles. The molecule has 31 heavy (non-hydrogen) atoms. The first-order valence-corrected chi connectivity index (χ1v) is 13.3. The number of carbonyl (C=O) groups excluding carboxylic acids is 1. The predicted octanol–water partition coefficient (Wildman–Crippen LogP) is 7.05. The summed E-state index contributed by atoms with van der Waals surface area (Å²) < 4.78 is 3.43. The maximum atomic E-state index is 13.2. The van der Waals surface area contributed by atoms with Gasteiger partial charge >= 0.3 is 0 Å². The second-order valence-corrected chi connectivity index (χ2v) is 10.5. The van der Waals surface area contributed by atoms with E-state index in [-0.39, 0.29) is 0 Å². The van der Waals surface area contributed by atoms with Gasteiger partial charge in [0.25, 0.3) is 0 Å². The molecule has 2 aromatic rings. The minimum atomic E-state index is 0.314. The minimum Gasteiger partial charge on any atom is -0.340 e. The summed E-state index contributed by atoms with van der Waals surface area (Å²) in [5, 5.41) is 0. The molecule has 1 heterocycles. The Morgan fingerprint density at radius 2 is 1.84 bits per heavy atom. The number of aryl methyl sites for hydroxylation is 1. The lowest BCUT2D eigenvalue weighted by Crippen LogP contribution is -2.41. The van der Waals surface area contributed by atoms with Crippen LogP contribution in [-0.4, -0.2) is 32.9 Å². The third kappa shape index (κ3) is 5.18. The van der Waals surface area contributed by atoms with Crippen LogP contribution in [0.3, 0.4) is 0 Å². The van der Waals surface area contributed by atoms with Crippen molar-refractivity contribution in [2.24, 2.45) is 5.92 Å². The van der Waals surface area contributed by atoms with Crippen LogP contribution in [0, 0.1) is 5.92 Å². The van der Waals surface area contributed by atoms with Gasteiger partial charge in [-0.15, -0.1) is 0 Å². The molecular formula is C26H38BrN3O. The van der Waals surface area contributed by atoms with Gasteiger partial charge in [-0.3, -0.25) is 4.79 Å². The average molecular weight is 489 g/mol. The molecule has 5 heteroatoms. The highest BCUT2D eigenvalue weighted by molar-refractivity contribution is 9.10. The van der Waals surface area contributed by atoms with Gasteiger partial charge in [0.2, 0.25) is 5.91 Å². The normalized spacial score (nSPS) is 22.7. The van der Waals surface area contributed by atoms with E-state index in [2.05, 4.69) is 57.4 Å². The fourth-order valence-corrected chi connectivity index (χ4v) is 6.23. The van der Waals surface area contributed by atoms with Crippen LogP contribution < -0.4 is 0 Å². The zero-order valence-corrected chi connectivity index (χ0v) is 20.9. The molecule has 0 aliphatic heterocycles. The number of hydrogen-bond donors (Lipinski definition) is 0. The van der Waals surface area contributed by atoms with E-state index >= 15 is 0 Å². The molecular weight excluding hydrogens is 450 g/mol. The van der Waals surface area contributed by atoms with Crippen molar-refractivity contribution < 1.29 is 4.79 Å². The third-order valence-corrected chi connectivity index (χ3v) is 8.25. The highest BCUT2D eigenvalue weighted by atomic mass is 79.9. The molecule has 1 aromatic carbocycles. The number of benzene rings is 1. The van der Waals surface area contributed by atoms with Gasteiger partial charge in [0.1, 0.15) is 5.82 Å². The summed E-state index contributed by atoms with van der Waals surface area (Å²) in [6.07, 6.45) is 13.1. The first-order valence-electron chi connectivity index (χ1n) is 12.6. The van der Waals surface area contributed by atoms with Crippen molar-refractivity contribution in [1.82, 2.24) is 14.5 Å². The molecule has 4 nitrogen and oxygen atoms in total. The van der Waals surface area contributed by atoms with Gasteiger partial charge in [0.15, 0.2) is 0 Å². The Labute approximate surface area is 195 Å². The van der Waals surface area contributed by atoms with Crippen LogP contribution in [0.2, 0.25) is 0 Å². The van der Waals surface area contributed by atoms with Crippen LogP contribution in [0.4, 0.5) is 0 Å². The molecule has 4 rings (SSSR count). The Kier molecular flexibility index (Phi) is 7.73. The van der Waals surface area contributed by atoms with Gasteiger partial charge in [0, 0.05) is 35.9 Å². The SMILES string of the molecule is CCN(C(=O)CCn1c2ccc(Br)cc2nc1[C@H]1CC[C@H](CC)CC1)C1CCCCC1. The Morgan fingerprint density at radius 3 is 2.52 bits per heavy atom. The molecule has 0 atom stereocenters. The second-order valence-electron chi connectivity index (χ2n) is 9.60. The summed E-state index contributed by atoms with van der Waals surface area (Å²) in [6.45, 7) is 6.02. The van der Waals surface area contributed by atoms with E-state index in [0.717, 1.165) is 29.0 Å². The number of carbonyl (C=O) groups is 1. The molecule has 0 radical (unpaired) electrons. The number of amides is 1. The number of rotatable bonds is 7. The van der Waals surface area contributed by atoms with Crippen LogP contribution in [0.25, 0.3) is 11.0 Å². The van der Waals surface area contributed by atoms with Crippen LogP contribution in [0.1, 0.15) is 96.2 Å². The van der Waals surface area contributed by atoms with E-state index in [0.29, 0.717) is 24.3 Å². The second kappa shape index (κ2) is 10.5. The van der Waals surface area contributed by atoms with E-state index in [9.17, 15) is 4.79 Å². The molecule has 0 saturated heterocycles. The van der Waals surface area contributed by atoms with Crippen molar-refractivity contribution in [3.05, 3.63) is 28.5 Å². The van der Waals surface area contributed by atoms with Crippen molar-refractivity contribution in [2.45, 2.75) is 103 Å². The van der Waals surface area contributed by atoms with Crippen LogP contribution in [0.5, 0.6) is 0 Å². The Bertz CT molecular complexity index is 878. The fourth-order valence-electron chi connectivity index (χ4n) is 5.88. The molecule has 2 aliphatic carbocycles. The molecule has 0 unspecified atom stereocenters. The summed E-state index contributed by atoms with van der Waals surface area (Å²) in [4.78, 5) is 20.5. The molecule has 2 saturated carbocycles. The molecule has 2 fully saturated rings. The van der Waals surface area contributed by atoms with Gasteiger partial charge in [-0.1, -0.05) is 48.5 Å². The van der Waals surface area contributed by atoms with Gasteiger partial charge in [0.05, 0.1) is 11.0 Å². The molecule has 0 spiro atoms. The van der Waals surface area contributed by atoms with Crippen LogP contribution in [0.15, 0.2) is 22.7 Å². The standard InChI is InChI=1S/C26H38BrN3O/c1-3-19-10-12-20(13-11-19)26-28-23-18-21(27)14-15-24(23)30(26)17-16-25(31)29(4-2)22-8-6-5-7-9-22/h14-15,18-20,22H,3-13,16-17H2,1-2H3/t19-,20-. The molecule has 1 amide bonds. The topological polar surface area (TPSA) is 38.1 Å². The quantitative estimate of drug-likeness (QED) is 0.419. The van der Waals surface area contributed by atoms with Crippen molar-refractivity contribution in [2.75, 3.05) is 6.54 Å². The van der Waals surface area contributed by atoms with E-state index < -0.39 is 0 Å². The third-order valence-electron chi connectivity index (χ3n) is 7.75. The summed E-state index contributed by atoms with van der Waals surface area (Å²) in [6, 6.07) is 6.83. The largest absolute Gasteiger partial charge is 0.340 e. The monoisotopic (exact) mass is 487 g/mol. The number of hydrogen-bond acceptors (Lipinski definition) is 2. The fraction of sp³-hybridized carbons (Fsp3) is 0.692. The van der Waals surface area contributed by atoms with E-state index in [1.807, 2.05) is 0 Å². The minimum absolute atomic E-state index is 0.314. The summed E-state index contributed by atoms with van der Waals surface area (Å²) in [7, 11) is 0. The maximum Gasteiger partial charge on any atom is 0.224 e. The molecule has 0 bridgehead atoms. The summed E-state index contributed by atoms with van der Waals surface area (Å²) in [5.74, 6) is 2.91. The van der Waals surface area contributed by atoms with Crippen molar-refractivity contribution in [3.8, 4) is 0 Å². The van der Waals surface area contributed by atoms with Gasteiger partial charge in [-0.05, 0) is 69.6 Å². The highest BCUT2D eigenvalue weighted by Gasteiger charge is 2.28. The number of nitrogens with zero attached hydrogens (tertiary/aromatic N) is 3. The van der Waals surface area contributed by atoms with Crippen LogP contribution in [-0.2, 0) is 11.3 Å². The van der Waals surface area contributed by atoms with E-state index in [1.165, 1.54) is 75.5 Å². The Morgan fingerprint density at radius 1 is 1.10 bits per heavy atom. The van der Waals surface area contributed by atoms with Crippen molar-refractivity contribution in [3.63, 3.8) is 0 Å². The molecule has 2 aliphatic rings. The van der Waals surface area contributed by atoms with Gasteiger partial charge in [-0.2, -0.15) is 0 Å². The average Bonchev–Trinajstić information content (AvgIpc) is 3.16. The number of fused-ring (bicyclic) bond motifs is 1. The summed E-state index contributed by atoms with van der Waals surface area (Å²) >= 11 is 3.60. The lowest BCUT2D eigenvalue weighted by Gasteiger charge is -2.34. The van der Waals surface area contributed by atoms with Crippen molar-refractivity contribution in [1.29, 1.82) is 0 Å². The first kappa shape index (κ1) is 22.8. The number of halogens is 1. The smallest absolute Gasteiger partial charge is 0.224 e. The Hall–Kier alpha value is -1.36. The maximum absolute atomic E-state index is 13.2. The number of imidazole rings is 1. The lowest BCUT2D eigenvalue weighted by atomic mass is 9.80. The van der Waals surface area contributed by atoms with Crippen LogP contribution >= 0.6 is 15.9 Å². The molecule has 170 valence electrons. The number of aromatic nitrogens is 2. The predicted molar refractivity (Wildman–Crippen MR) is 131 cm³/mol. The van der Waals surface area contributed by atoms with E-state index in [4.69, 9.17) is 4.98 Å². The lowest BCUT2D eigenvalue weighted by molar-refractivity contribution is -0.134. The van der Waals surface area contributed by atoms with Gasteiger partial charge in [-0.25, -0.2) is 4.98 Å². The van der Waals surface area contributed by atoms with Crippen molar-refractivity contribution >= 4 is 32.9 Å². The molecule has 0 N–H and O–H groups in total. The van der Waals surface area contributed by atoms with Gasteiger partial charge < -0.3 is 9.47 Å². The first-order chi connectivity index (χ1) is 15.1. The summed E-state index contributed by atoms with van der Waals surface area (Å²) in [5.41, 5.74) is 2.22. The zero-order chi connectivity index (χ0) is 21.8. The highest BCUT2D eigenvalue weighted by Crippen LogP contribution is 2.38. The Balaban J connectivity index is 1.53.